The molecule has 3 aliphatic rings. The summed E-state index contributed by atoms with van der Waals surface area (Å²) in [5.74, 6) is 0.325. The van der Waals surface area contributed by atoms with Gasteiger partial charge in [0, 0.05) is 25.7 Å². The number of rotatable bonds is 5. The van der Waals surface area contributed by atoms with Crippen molar-refractivity contribution in [1.29, 1.82) is 0 Å². The van der Waals surface area contributed by atoms with Gasteiger partial charge in [-0.25, -0.2) is 0 Å². The van der Waals surface area contributed by atoms with Crippen LogP contribution in [-0.4, -0.2) is 53.5 Å². The van der Waals surface area contributed by atoms with Crippen LogP contribution in [0.4, 0.5) is 0 Å². The van der Waals surface area contributed by atoms with Crippen molar-refractivity contribution in [2.24, 2.45) is 0 Å². The third-order valence-corrected chi connectivity index (χ3v) is 6.67. The molecule has 4 rings (SSSR count). The topological polar surface area (TPSA) is 35.6 Å². The van der Waals surface area contributed by atoms with Gasteiger partial charge in [0.15, 0.2) is 0 Å². The van der Waals surface area contributed by atoms with E-state index >= 15 is 0 Å². The number of hydrogen-bond donors (Lipinski definition) is 1. The summed E-state index contributed by atoms with van der Waals surface area (Å²) in [6.45, 7) is 5.27. The van der Waals surface area contributed by atoms with Crippen LogP contribution in [0.1, 0.15) is 56.9 Å². The van der Waals surface area contributed by atoms with Crippen LogP contribution < -0.4 is 5.32 Å². The van der Waals surface area contributed by atoms with E-state index in [1.54, 1.807) is 0 Å². The van der Waals surface area contributed by atoms with Crippen LogP contribution in [-0.2, 0) is 11.3 Å². The summed E-state index contributed by atoms with van der Waals surface area (Å²) < 4.78 is 0. The molecular weight excluding hydrogens is 322 g/mol. The maximum Gasteiger partial charge on any atom is 0.240 e. The molecular formula is C22H33N3O. The monoisotopic (exact) mass is 355 g/mol. The second-order valence-electron chi connectivity index (χ2n) is 8.47. The molecule has 2 heterocycles. The summed E-state index contributed by atoms with van der Waals surface area (Å²) >= 11 is 0. The number of nitrogens with one attached hydrogen (secondary N) is 1. The van der Waals surface area contributed by atoms with E-state index in [-0.39, 0.29) is 5.54 Å². The van der Waals surface area contributed by atoms with Crippen molar-refractivity contribution in [3.05, 3.63) is 35.9 Å². The highest BCUT2D eigenvalue weighted by Crippen LogP contribution is 2.36. The van der Waals surface area contributed by atoms with Gasteiger partial charge in [0.25, 0.3) is 0 Å². The van der Waals surface area contributed by atoms with Crippen LogP contribution in [0.2, 0.25) is 0 Å². The average molecular weight is 356 g/mol. The minimum Gasteiger partial charge on any atom is -0.350 e. The molecule has 1 N–H and O–H groups in total. The molecule has 1 atom stereocenters. The Labute approximate surface area is 157 Å². The van der Waals surface area contributed by atoms with E-state index in [1.807, 2.05) is 0 Å². The molecule has 142 valence electrons. The van der Waals surface area contributed by atoms with Crippen LogP contribution in [0, 0.1) is 0 Å². The van der Waals surface area contributed by atoms with Gasteiger partial charge in [0.2, 0.25) is 5.91 Å². The first-order chi connectivity index (χ1) is 12.8. The summed E-state index contributed by atoms with van der Waals surface area (Å²) in [6, 6.07) is 11.0. The summed E-state index contributed by atoms with van der Waals surface area (Å²) in [7, 11) is 0. The van der Waals surface area contributed by atoms with Gasteiger partial charge >= 0.3 is 0 Å². The van der Waals surface area contributed by atoms with Gasteiger partial charge in [-0.05, 0) is 50.8 Å². The molecule has 1 unspecified atom stereocenters. The number of amides is 1. The standard InChI is InChI=1S/C22H33N3O/c26-21(22(12-5-2-6-13-22)25-14-7-8-15-25)23-20-11-16-24(18-20)17-19-9-3-1-4-10-19/h1,3-4,9-10,20H,2,5-8,11-18H2,(H,23,26). The van der Waals surface area contributed by atoms with Gasteiger partial charge in [-0.1, -0.05) is 49.6 Å². The smallest absolute Gasteiger partial charge is 0.240 e. The van der Waals surface area contributed by atoms with Crippen molar-refractivity contribution >= 4 is 5.91 Å². The van der Waals surface area contributed by atoms with E-state index in [2.05, 4.69) is 45.4 Å². The largest absolute Gasteiger partial charge is 0.350 e. The van der Waals surface area contributed by atoms with E-state index in [0.29, 0.717) is 11.9 Å². The van der Waals surface area contributed by atoms with Gasteiger partial charge in [-0.2, -0.15) is 0 Å². The Morgan fingerprint density at radius 3 is 2.46 bits per heavy atom. The van der Waals surface area contributed by atoms with Crippen molar-refractivity contribution in [3.8, 4) is 0 Å². The molecule has 3 fully saturated rings. The second-order valence-corrected chi connectivity index (χ2v) is 8.47. The van der Waals surface area contributed by atoms with Crippen molar-refractivity contribution in [2.45, 2.75) is 69.5 Å². The van der Waals surface area contributed by atoms with Gasteiger partial charge < -0.3 is 5.32 Å². The van der Waals surface area contributed by atoms with E-state index in [1.165, 1.54) is 37.7 Å². The normalized spacial score (nSPS) is 26.8. The van der Waals surface area contributed by atoms with Gasteiger partial charge in [-0.15, -0.1) is 0 Å². The average Bonchev–Trinajstić information content (AvgIpc) is 3.36. The van der Waals surface area contributed by atoms with E-state index in [4.69, 9.17) is 0 Å². The van der Waals surface area contributed by atoms with Crippen LogP contribution in [0.5, 0.6) is 0 Å². The number of carbonyl (C=O) groups excluding carboxylic acids is 1. The van der Waals surface area contributed by atoms with E-state index < -0.39 is 0 Å². The number of likely N-dealkylation sites (tertiary alicyclic amines) is 2. The van der Waals surface area contributed by atoms with Gasteiger partial charge in [-0.3, -0.25) is 14.6 Å². The predicted molar refractivity (Wildman–Crippen MR) is 105 cm³/mol. The molecule has 0 radical (unpaired) electrons. The number of carbonyl (C=O) groups is 1. The molecule has 0 spiro atoms. The highest BCUT2D eigenvalue weighted by Gasteiger charge is 2.46. The van der Waals surface area contributed by atoms with Gasteiger partial charge in [0.1, 0.15) is 5.54 Å². The van der Waals surface area contributed by atoms with Crippen LogP contribution >= 0.6 is 0 Å². The van der Waals surface area contributed by atoms with Gasteiger partial charge in [0.05, 0.1) is 0 Å². The molecule has 1 saturated carbocycles. The first-order valence-corrected chi connectivity index (χ1v) is 10.6. The minimum absolute atomic E-state index is 0.207. The second kappa shape index (κ2) is 8.10. The molecule has 1 aromatic carbocycles. The van der Waals surface area contributed by atoms with E-state index in [0.717, 1.165) is 52.0 Å². The lowest BCUT2D eigenvalue weighted by atomic mass is 9.79. The first-order valence-electron chi connectivity index (χ1n) is 10.6. The zero-order chi connectivity index (χ0) is 17.8. The first kappa shape index (κ1) is 18.0. The third-order valence-electron chi connectivity index (χ3n) is 6.67. The third kappa shape index (κ3) is 3.81. The lowest BCUT2D eigenvalue weighted by Gasteiger charge is -2.43. The quantitative estimate of drug-likeness (QED) is 0.881. The molecule has 1 aliphatic carbocycles. The minimum atomic E-state index is -0.207. The molecule has 26 heavy (non-hydrogen) atoms. The Hall–Kier alpha value is -1.39. The molecule has 2 aliphatic heterocycles. The molecule has 2 saturated heterocycles. The van der Waals surface area contributed by atoms with E-state index in [9.17, 15) is 4.79 Å². The number of benzene rings is 1. The maximum absolute atomic E-state index is 13.4. The van der Waals surface area contributed by atoms with Crippen molar-refractivity contribution in [2.75, 3.05) is 26.2 Å². The molecule has 0 aromatic heterocycles. The Balaban J connectivity index is 1.36. The fraction of sp³-hybridized carbons (Fsp3) is 0.682. The molecule has 1 aromatic rings. The van der Waals surface area contributed by atoms with Crippen molar-refractivity contribution < 1.29 is 4.79 Å². The summed E-state index contributed by atoms with van der Waals surface area (Å²) in [5, 5.41) is 3.46. The van der Waals surface area contributed by atoms with Crippen LogP contribution in [0.15, 0.2) is 30.3 Å². The summed E-state index contributed by atoms with van der Waals surface area (Å²) in [5.41, 5.74) is 1.15. The lowest BCUT2D eigenvalue weighted by molar-refractivity contribution is -0.136. The highest BCUT2D eigenvalue weighted by molar-refractivity contribution is 5.86. The summed E-state index contributed by atoms with van der Waals surface area (Å²) in [4.78, 5) is 18.3. The highest BCUT2D eigenvalue weighted by atomic mass is 16.2. The zero-order valence-electron chi connectivity index (χ0n) is 16.0. The molecule has 4 nitrogen and oxygen atoms in total. The molecule has 1 amide bonds. The Morgan fingerprint density at radius 2 is 1.73 bits per heavy atom. The fourth-order valence-corrected chi connectivity index (χ4v) is 5.22. The predicted octanol–water partition coefficient (Wildman–Crippen LogP) is 3.18. The zero-order valence-corrected chi connectivity index (χ0v) is 16.0. The maximum atomic E-state index is 13.4. The van der Waals surface area contributed by atoms with Crippen LogP contribution in [0.25, 0.3) is 0 Å². The fourth-order valence-electron chi connectivity index (χ4n) is 5.22. The number of hydrogen-bond acceptors (Lipinski definition) is 3. The van der Waals surface area contributed by atoms with Crippen LogP contribution in [0.3, 0.4) is 0 Å². The molecule has 0 bridgehead atoms. The molecule has 4 heteroatoms. The SMILES string of the molecule is O=C(NC1CCN(Cc2ccccc2)C1)C1(N2CCCC2)CCCCC1. The number of nitrogens with zero attached hydrogens (tertiary/aromatic N) is 2. The van der Waals surface area contributed by atoms with Crippen molar-refractivity contribution in [1.82, 2.24) is 15.1 Å². The lowest BCUT2D eigenvalue weighted by Crippen LogP contribution is -2.60. The van der Waals surface area contributed by atoms with Crippen molar-refractivity contribution in [3.63, 3.8) is 0 Å². The Bertz CT molecular complexity index is 591. The Kier molecular flexibility index (Phi) is 5.60. The summed E-state index contributed by atoms with van der Waals surface area (Å²) in [6.07, 6.45) is 9.39. The Morgan fingerprint density at radius 1 is 1.00 bits per heavy atom.